The molecule has 2 aliphatic heterocycles. The maximum Gasteiger partial charge on any atom is 0.490 e. The first-order valence-electron chi connectivity index (χ1n) is 15.0. The summed E-state index contributed by atoms with van der Waals surface area (Å²) in [5.74, 6) is -1.31. The van der Waals surface area contributed by atoms with Crippen molar-refractivity contribution < 1.29 is 37.4 Å². The SMILES string of the molecule is COc1cc(C(=O)NC2CCN(C)CC2)ccc1Nc1ncc2c(n1)N(C1CCCCC1)CC(C)C(=O)N2.O=C(O)C(F)(F)F. The maximum atomic E-state index is 12.9. The molecule has 3 aliphatic rings. The minimum Gasteiger partial charge on any atom is -0.495 e. The zero-order chi connectivity index (χ0) is 32.7. The molecule has 2 aromatic rings. The second kappa shape index (κ2) is 14.8. The Kier molecular flexibility index (Phi) is 11.1. The lowest BCUT2D eigenvalue weighted by molar-refractivity contribution is -0.192. The van der Waals surface area contributed by atoms with Crippen molar-refractivity contribution in [1.29, 1.82) is 0 Å². The Morgan fingerprint density at radius 1 is 1.11 bits per heavy atom. The standard InChI is InChI=1S/C28H39N7O3.C2HF3O2/c1-18-17-35(21-7-5-4-6-8-21)25-23(31-26(18)36)16-29-28(33-25)32-22-10-9-19(15-24(22)38-3)27(37)30-20-11-13-34(2)14-12-20;3-2(4,5)1(6)7/h9-10,15-16,18,20-21H,4-8,11-14,17H2,1-3H3,(H,30,37)(H,31,36)(H,29,32,33);(H,6,7). The molecule has 4 N–H and O–H groups in total. The number of carboxylic acids is 1. The number of anilines is 4. The summed E-state index contributed by atoms with van der Waals surface area (Å²) in [6, 6.07) is 5.89. The van der Waals surface area contributed by atoms with Crippen LogP contribution in [0.15, 0.2) is 24.4 Å². The predicted molar refractivity (Wildman–Crippen MR) is 162 cm³/mol. The van der Waals surface area contributed by atoms with Crippen LogP contribution in [0.2, 0.25) is 0 Å². The van der Waals surface area contributed by atoms with Crippen LogP contribution in [-0.4, -0.2) is 89.8 Å². The second-order valence-corrected chi connectivity index (χ2v) is 11.7. The lowest BCUT2D eigenvalue weighted by Gasteiger charge is -2.35. The van der Waals surface area contributed by atoms with E-state index in [1.165, 1.54) is 19.3 Å². The van der Waals surface area contributed by atoms with E-state index in [0.29, 0.717) is 41.2 Å². The van der Waals surface area contributed by atoms with Gasteiger partial charge in [0, 0.05) is 24.2 Å². The number of carboxylic acid groups (broad SMARTS) is 1. The molecule has 1 unspecified atom stereocenters. The number of fused-ring (bicyclic) bond motifs is 1. The number of amides is 2. The van der Waals surface area contributed by atoms with E-state index in [2.05, 4.69) is 37.8 Å². The molecule has 1 saturated heterocycles. The Labute approximate surface area is 259 Å². The van der Waals surface area contributed by atoms with Crippen LogP contribution >= 0.6 is 0 Å². The number of hydrogen-bond acceptors (Lipinski definition) is 9. The molecule has 2 amide bonds. The van der Waals surface area contributed by atoms with Gasteiger partial charge in [0.05, 0.1) is 24.9 Å². The van der Waals surface area contributed by atoms with Crippen LogP contribution < -0.4 is 25.6 Å². The van der Waals surface area contributed by atoms with Crippen LogP contribution in [0, 0.1) is 5.92 Å². The van der Waals surface area contributed by atoms with Gasteiger partial charge in [-0.05, 0) is 64.0 Å². The third kappa shape index (κ3) is 8.96. The highest BCUT2D eigenvalue weighted by atomic mass is 19.4. The van der Waals surface area contributed by atoms with Gasteiger partial charge in [0.25, 0.3) is 5.91 Å². The molecule has 246 valence electrons. The van der Waals surface area contributed by atoms with Gasteiger partial charge in [-0.1, -0.05) is 26.2 Å². The molecule has 1 saturated carbocycles. The summed E-state index contributed by atoms with van der Waals surface area (Å²) in [4.78, 5) is 48.3. The van der Waals surface area contributed by atoms with Crippen LogP contribution in [-0.2, 0) is 9.59 Å². The number of nitrogens with one attached hydrogen (secondary N) is 3. The molecule has 0 spiro atoms. The van der Waals surface area contributed by atoms with Crippen LogP contribution in [0.4, 0.5) is 36.3 Å². The number of nitrogens with zero attached hydrogens (tertiary/aromatic N) is 4. The summed E-state index contributed by atoms with van der Waals surface area (Å²) in [7, 11) is 3.69. The van der Waals surface area contributed by atoms with Gasteiger partial charge in [0.15, 0.2) is 5.82 Å². The Balaban J connectivity index is 0.000000591. The third-order valence-electron chi connectivity index (χ3n) is 8.24. The van der Waals surface area contributed by atoms with Crippen LogP contribution in [0.25, 0.3) is 0 Å². The average molecular weight is 636 g/mol. The van der Waals surface area contributed by atoms with E-state index < -0.39 is 12.1 Å². The number of carbonyl (C=O) groups excluding carboxylic acids is 2. The molecule has 1 aromatic carbocycles. The largest absolute Gasteiger partial charge is 0.495 e. The van der Waals surface area contributed by atoms with Crippen molar-refractivity contribution in [3.8, 4) is 5.75 Å². The normalized spacial score (nSPS) is 19.7. The molecule has 0 radical (unpaired) electrons. The molecule has 1 atom stereocenters. The first-order valence-corrected chi connectivity index (χ1v) is 15.0. The Hall–Kier alpha value is -4.14. The summed E-state index contributed by atoms with van der Waals surface area (Å²) in [5, 5.41) is 16.6. The van der Waals surface area contributed by atoms with Gasteiger partial charge in [-0.2, -0.15) is 18.2 Å². The van der Waals surface area contributed by atoms with Gasteiger partial charge < -0.3 is 35.6 Å². The summed E-state index contributed by atoms with van der Waals surface area (Å²) in [5.41, 5.74) is 1.86. The number of rotatable bonds is 6. The highest BCUT2D eigenvalue weighted by Crippen LogP contribution is 2.35. The number of alkyl halides is 3. The van der Waals surface area contributed by atoms with Gasteiger partial charge in [0.1, 0.15) is 11.4 Å². The smallest absolute Gasteiger partial charge is 0.490 e. The van der Waals surface area contributed by atoms with Crippen LogP contribution in [0.3, 0.4) is 0 Å². The fourth-order valence-corrected chi connectivity index (χ4v) is 5.65. The zero-order valence-electron chi connectivity index (χ0n) is 25.6. The van der Waals surface area contributed by atoms with Crippen LogP contribution in [0.1, 0.15) is 62.2 Å². The first-order chi connectivity index (χ1) is 21.3. The summed E-state index contributed by atoms with van der Waals surface area (Å²) < 4.78 is 37.4. The van der Waals surface area contributed by atoms with Gasteiger partial charge in [0.2, 0.25) is 11.9 Å². The molecule has 1 aromatic heterocycles. The number of halogens is 3. The number of carbonyl (C=O) groups is 3. The fraction of sp³-hybridized carbons (Fsp3) is 0.567. The summed E-state index contributed by atoms with van der Waals surface area (Å²) in [6.45, 7) is 4.56. The van der Waals surface area contributed by atoms with E-state index >= 15 is 0 Å². The maximum absolute atomic E-state index is 12.9. The number of likely N-dealkylation sites (tertiary alicyclic amines) is 1. The Bertz CT molecular complexity index is 1360. The minimum atomic E-state index is -5.08. The van der Waals surface area contributed by atoms with Crippen molar-refractivity contribution in [3.05, 3.63) is 30.0 Å². The minimum absolute atomic E-state index is 0.00958. The number of ether oxygens (including phenoxy) is 1. The molecule has 15 heteroatoms. The van der Waals surface area contributed by atoms with E-state index in [1.807, 2.05) is 13.0 Å². The summed E-state index contributed by atoms with van der Waals surface area (Å²) >= 11 is 0. The monoisotopic (exact) mass is 635 g/mol. The highest BCUT2D eigenvalue weighted by Gasteiger charge is 2.38. The van der Waals surface area contributed by atoms with E-state index in [1.54, 1.807) is 25.4 Å². The van der Waals surface area contributed by atoms with Crippen LogP contribution in [0.5, 0.6) is 5.75 Å². The number of aliphatic carboxylic acids is 1. The van der Waals surface area contributed by atoms with E-state index in [-0.39, 0.29) is 23.8 Å². The Morgan fingerprint density at radius 2 is 1.78 bits per heavy atom. The number of methoxy groups -OCH3 is 1. The molecule has 12 nitrogen and oxygen atoms in total. The molecule has 45 heavy (non-hydrogen) atoms. The quantitative estimate of drug-likeness (QED) is 0.360. The summed E-state index contributed by atoms with van der Waals surface area (Å²) in [6.07, 6.45) is 4.33. The number of aromatic nitrogens is 2. The van der Waals surface area contributed by atoms with Crippen molar-refractivity contribution in [2.45, 2.75) is 70.1 Å². The molecular formula is C30H40F3N7O5. The fourth-order valence-electron chi connectivity index (χ4n) is 5.65. The van der Waals surface area contributed by atoms with Crippen molar-refractivity contribution >= 4 is 40.9 Å². The Morgan fingerprint density at radius 3 is 2.40 bits per heavy atom. The molecule has 3 heterocycles. The van der Waals surface area contributed by atoms with Gasteiger partial charge in [-0.15, -0.1) is 0 Å². The van der Waals surface area contributed by atoms with E-state index in [9.17, 15) is 22.8 Å². The van der Waals surface area contributed by atoms with E-state index in [4.69, 9.17) is 19.6 Å². The van der Waals surface area contributed by atoms with Crippen molar-refractivity contribution in [2.24, 2.45) is 5.92 Å². The number of hydrogen-bond donors (Lipinski definition) is 4. The number of piperidine rings is 1. The van der Waals surface area contributed by atoms with Gasteiger partial charge >= 0.3 is 12.1 Å². The van der Waals surface area contributed by atoms with Crippen molar-refractivity contribution in [3.63, 3.8) is 0 Å². The average Bonchev–Trinajstić information content (AvgIpc) is 3.14. The predicted octanol–water partition coefficient (Wildman–Crippen LogP) is 4.41. The second-order valence-electron chi connectivity index (χ2n) is 11.7. The van der Waals surface area contributed by atoms with Gasteiger partial charge in [-0.3, -0.25) is 9.59 Å². The number of benzene rings is 1. The lowest BCUT2D eigenvalue weighted by Crippen LogP contribution is -2.43. The van der Waals surface area contributed by atoms with E-state index in [0.717, 1.165) is 44.6 Å². The molecule has 0 bridgehead atoms. The third-order valence-corrected chi connectivity index (χ3v) is 8.24. The van der Waals surface area contributed by atoms with Crippen molar-refractivity contribution in [2.75, 3.05) is 49.3 Å². The molecule has 1 aliphatic carbocycles. The first kappa shape index (κ1) is 33.7. The van der Waals surface area contributed by atoms with Gasteiger partial charge in [-0.25, -0.2) is 9.78 Å². The van der Waals surface area contributed by atoms with Crippen molar-refractivity contribution in [1.82, 2.24) is 20.2 Å². The zero-order valence-corrected chi connectivity index (χ0v) is 25.6. The molecule has 2 fully saturated rings. The topological polar surface area (TPSA) is 149 Å². The highest BCUT2D eigenvalue weighted by molar-refractivity contribution is 5.97. The molecular weight excluding hydrogens is 595 g/mol. The lowest BCUT2D eigenvalue weighted by atomic mass is 9.93. The molecule has 5 rings (SSSR count).